The zero-order valence-corrected chi connectivity index (χ0v) is 10.8. The van der Waals surface area contributed by atoms with Crippen LogP contribution >= 0.6 is 0 Å². The summed E-state index contributed by atoms with van der Waals surface area (Å²) in [4.78, 5) is 25.2. The third-order valence-corrected chi connectivity index (χ3v) is 4.12. The van der Waals surface area contributed by atoms with Gasteiger partial charge in [0.1, 0.15) is 0 Å². The molecule has 0 aromatic heterocycles. The fraction of sp³-hybridized carbons (Fsp3) is 0.333. The second-order valence-electron chi connectivity index (χ2n) is 5.14. The maximum Gasteiger partial charge on any atom is 0.231 e. The van der Waals surface area contributed by atoms with Gasteiger partial charge in [-0.3, -0.25) is 9.59 Å². The van der Waals surface area contributed by atoms with E-state index >= 15 is 0 Å². The van der Waals surface area contributed by atoms with Crippen LogP contribution in [0, 0.1) is 0 Å². The highest BCUT2D eigenvalue weighted by atomic mass is 16.7. The molecule has 0 spiro atoms. The summed E-state index contributed by atoms with van der Waals surface area (Å²) in [7, 11) is 0. The SMILES string of the molecule is O=CC1=C2CCC(=O)N2CCc2cc3c(cc21)OCO3. The maximum atomic E-state index is 11.9. The van der Waals surface area contributed by atoms with E-state index in [2.05, 4.69) is 0 Å². The minimum Gasteiger partial charge on any atom is -0.454 e. The molecule has 3 aliphatic heterocycles. The minimum absolute atomic E-state index is 0.104. The molecular weight excluding hydrogens is 258 g/mol. The number of rotatable bonds is 1. The first-order chi connectivity index (χ1) is 9.78. The molecule has 3 heterocycles. The second kappa shape index (κ2) is 4.10. The number of carbonyl (C=O) groups is 2. The highest BCUT2D eigenvalue weighted by Gasteiger charge is 2.32. The van der Waals surface area contributed by atoms with Crippen molar-refractivity contribution in [3.63, 3.8) is 0 Å². The third-order valence-electron chi connectivity index (χ3n) is 4.12. The highest BCUT2D eigenvalue weighted by molar-refractivity contribution is 6.10. The smallest absolute Gasteiger partial charge is 0.231 e. The topological polar surface area (TPSA) is 55.8 Å². The van der Waals surface area contributed by atoms with Gasteiger partial charge >= 0.3 is 0 Å². The molecule has 1 fully saturated rings. The minimum atomic E-state index is 0.104. The van der Waals surface area contributed by atoms with Gasteiger partial charge in [0.15, 0.2) is 17.8 Å². The normalized spacial score (nSPS) is 19.8. The summed E-state index contributed by atoms with van der Waals surface area (Å²) >= 11 is 0. The largest absolute Gasteiger partial charge is 0.454 e. The van der Waals surface area contributed by atoms with Crippen LogP contribution in [0.3, 0.4) is 0 Å². The lowest BCUT2D eigenvalue weighted by atomic mass is 9.97. The Bertz CT molecular complexity index is 662. The van der Waals surface area contributed by atoms with Crippen LogP contribution in [-0.4, -0.2) is 30.4 Å². The van der Waals surface area contributed by atoms with E-state index in [1.165, 1.54) is 0 Å². The zero-order valence-electron chi connectivity index (χ0n) is 10.8. The van der Waals surface area contributed by atoms with Crippen LogP contribution in [0.15, 0.2) is 17.8 Å². The summed E-state index contributed by atoms with van der Waals surface area (Å²) in [6.07, 6.45) is 2.71. The van der Waals surface area contributed by atoms with Crippen molar-refractivity contribution in [2.24, 2.45) is 0 Å². The lowest BCUT2D eigenvalue weighted by Gasteiger charge is -2.16. The Morgan fingerprint density at radius 2 is 1.90 bits per heavy atom. The Balaban J connectivity index is 1.93. The summed E-state index contributed by atoms with van der Waals surface area (Å²) in [5, 5.41) is 0. The molecule has 5 heteroatoms. The number of aldehydes is 1. The van der Waals surface area contributed by atoms with Crippen molar-refractivity contribution in [3.05, 3.63) is 29.0 Å². The molecule has 0 unspecified atom stereocenters. The molecule has 5 nitrogen and oxygen atoms in total. The van der Waals surface area contributed by atoms with E-state index in [0.717, 1.165) is 29.5 Å². The van der Waals surface area contributed by atoms with Gasteiger partial charge in [0, 0.05) is 24.2 Å². The van der Waals surface area contributed by atoms with Gasteiger partial charge in [0.05, 0.1) is 0 Å². The average Bonchev–Trinajstić information content (AvgIpc) is 3.00. The molecule has 20 heavy (non-hydrogen) atoms. The van der Waals surface area contributed by atoms with E-state index in [0.29, 0.717) is 36.5 Å². The lowest BCUT2D eigenvalue weighted by molar-refractivity contribution is -0.126. The molecule has 4 rings (SSSR count). The molecule has 102 valence electrons. The van der Waals surface area contributed by atoms with Crippen LogP contribution in [0.4, 0.5) is 0 Å². The van der Waals surface area contributed by atoms with E-state index in [4.69, 9.17) is 9.47 Å². The Morgan fingerprint density at radius 1 is 1.10 bits per heavy atom. The number of hydrogen-bond donors (Lipinski definition) is 0. The summed E-state index contributed by atoms with van der Waals surface area (Å²) in [5.74, 6) is 1.49. The summed E-state index contributed by atoms with van der Waals surface area (Å²) in [6.45, 7) is 0.841. The van der Waals surface area contributed by atoms with E-state index in [-0.39, 0.29) is 12.7 Å². The van der Waals surface area contributed by atoms with Crippen LogP contribution in [0.25, 0.3) is 5.57 Å². The van der Waals surface area contributed by atoms with Gasteiger partial charge in [-0.1, -0.05) is 0 Å². The van der Waals surface area contributed by atoms with E-state index < -0.39 is 0 Å². The molecule has 0 aliphatic carbocycles. The van der Waals surface area contributed by atoms with Gasteiger partial charge in [-0.05, 0) is 36.1 Å². The van der Waals surface area contributed by atoms with Gasteiger partial charge in [-0.2, -0.15) is 0 Å². The molecule has 3 aliphatic rings. The van der Waals surface area contributed by atoms with Gasteiger partial charge in [0.25, 0.3) is 0 Å². The van der Waals surface area contributed by atoms with Crippen molar-refractivity contribution in [2.45, 2.75) is 19.3 Å². The molecule has 1 amide bonds. The van der Waals surface area contributed by atoms with Crippen molar-refractivity contribution in [1.29, 1.82) is 0 Å². The number of hydrogen-bond acceptors (Lipinski definition) is 4. The number of benzene rings is 1. The third kappa shape index (κ3) is 1.49. The van der Waals surface area contributed by atoms with Crippen LogP contribution in [0.5, 0.6) is 11.5 Å². The number of amides is 1. The van der Waals surface area contributed by atoms with Crippen molar-refractivity contribution in [1.82, 2.24) is 4.90 Å². The van der Waals surface area contributed by atoms with Gasteiger partial charge < -0.3 is 14.4 Å². The summed E-state index contributed by atoms with van der Waals surface area (Å²) in [5.41, 5.74) is 3.37. The molecule has 0 radical (unpaired) electrons. The van der Waals surface area contributed by atoms with Crippen molar-refractivity contribution >= 4 is 17.8 Å². The number of allylic oxidation sites excluding steroid dienone is 2. The second-order valence-corrected chi connectivity index (χ2v) is 5.14. The zero-order chi connectivity index (χ0) is 13.7. The van der Waals surface area contributed by atoms with Gasteiger partial charge in [0.2, 0.25) is 12.7 Å². The first-order valence-corrected chi connectivity index (χ1v) is 6.69. The number of ether oxygens (including phenoxy) is 2. The van der Waals surface area contributed by atoms with Crippen LogP contribution in [0.1, 0.15) is 24.0 Å². The number of carbonyl (C=O) groups excluding carboxylic acids is 2. The molecule has 0 atom stereocenters. The quantitative estimate of drug-likeness (QED) is 0.726. The molecule has 0 saturated carbocycles. The molecular formula is C15H13NO4. The van der Waals surface area contributed by atoms with Crippen molar-refractivity contribution in [2.75, 3.05) is 13.3 Å². The lowest BCUT2D eigenvalue weighted by Crippen LogP contribution is -2.25. The fourth-order valence-corrected chi connectivity index (χ4v) is 3.15. The van der Waals surface area contributed by atoms with E-state index in [1.54, 1.807) is 4.90 Å². The maximum absolute atomic E-state index is 11.9. The molecule has 0 bridgehead atoms. The van der Waals surface area contributed by atoms with E-state index in [1.807, 2.05) is 12.1 Å². The highest BCUT2D eigenvalue weighted by Crippen LogP contribution is 2.41. The first-order valence-electron chi connectivity index (χ1n) is 6.69. The Hall–Kier alpha value is -2.30. The Labute approximate surface area is 115 Å². The Morgan fingerprint density at radius 3 is 2.70 bits per heavy atom. The standard InChI is InChI=1S/C15H13NO4/c17-7-11-10-6-14-13(19-8-20-14)5-9(10)3-4-16-12(11)1-2-15(16)18/h5-7H,1-4,8H2. The predicted octanol–water partition coefficient (Wildman–Crippen LogP) is 1.50. The predicted molar refractivity (Wildman–Crippen MR) is 70.2 cm³/mol. The van der Waals surface area contributed by atoms with Crippen LogP contribution < -0.4 is 9.47 Å². The number of fused-ring (bicyclic) bond motifs is 3. The molecule has 1 aromatic rings. The molecule has 1 saturated heterocycles. The first kappa shape index (κ1) is 11.5. The van der Waals surface area contributed by atoms with Gasteiger partial charge in [-0.15, -0.1) is 0 Å². The van der Waals surface area contributed by atoms with Gasteiger partial charge in [-0.25, -0.2) is 0 Å². The summed E-state index contributed by atoms with van der Waals surface area (Å²) in [6, 6.07) is 3.79. The summed E-state index contributed by atoms with van der Waals surface area (Å²) < 4.78 is 10.8. The number of nitrogens with zero attached hydrogens (tertiary/aromatic N) is 1. The van der Waals surface area contributed by atoms with E-state index in [9.17, 15) is 9.59 Å². The monoisotopic (exact) mass is 271 g/mol. The van der Waals surface area contributed by atoms with Crippen LogP contribution in [0.2, 0.25) is 0 Å². The fourth-order valence-electron chi connectivity index (χ4n) is 3.15. The average molecular weight is 271 g/mol. The molecule has 1 aromatic carbocycles. The van der Waals surface area contributed by atoms with Crippen LogP contribution in [-0.2, 0) is 16.0 Å². The van der Waals surface area contributed by atoms with Crippen molar-refractivity contribution in [3.8, 4) is 11.5 Å². The Kier molecular flexibility index (Phi) is 2.36. The van der Waals surface area contributed by atoms with Crippen molar-refractivity contribution < 1.29 is 19.1 Å². The molecule has 0 N–H and O–H groups in total.